The van der Waals surface area contributed by atoms with Crippen LogP contribution in [0, 0.1) is 11.3 Å². The Bertz CT molecular complexity index is 655. The first kappa shape index (κ1) is 15.2. The molecular weight excluding hydrogens is 272 g/mol. The number of halogens is 2. The highest BCUT2D eigenvalue weighted by Gasteiger charge is 2.27. The van der Waals surface area contributed by atoms with Crippen LogP contribution in [-0.4, -0.2) is 5.60 Å². The smallest absolute Gasteiger partial charge is 0.265 e. The Kier molecular flexibility index (Phi) is 4.13. The predicted octanol–water partition coefficient (Wildman–Crippen LogP) is 4.93. The summed E-state index contributed by atoms with van der Waals surface area (Å²) in [6.07, 6.45) is 2.07. The second-order valence-electron chi connectivity index (χ2n) is 5.63. The molecule has 1 unspecified atom stereocenters. The molecule has 1 aromatic carbocycles. The van der Waals surface area contributed by atoms with Crippen LogP contribution in [0.5, 0.6) is 5.75 Å². The molecule has 0 N–H and O–H groups in total. The molecule has 2 rings (SSSR count). The molecule has 1 atom stereocenters. The monoisotopic (exact) mass is 289 g/mol. The van der Waals surface area contributed by atoms with E-state index in [-0.39, 0.29) is 11.1 Å². The molecule has 0 bridgehead atoms. The largest absolute Gasteiger partial charge is 0.483 e. The van der Waals surface area contributed by atoms with Crippen LogP contribution in [0.15, 0.2) is 41.5 Å². The van der Waals surface area contributed by atoms with Gasteiger partial charge in [0, 0.05) is 12.0 Å². The van der Waals surface area contributed by atoms with E-state index in [1.807, 2.05) is 26.8 Å². The molecule has 0 amide bonds. The quantitative estimate of drug-likeness (QED) is 0.790. The van der Waals surface area contributed by atoms with Gasteiger partial charge in [0.1, 0.15) is 11.4 Å². The van der Waals surface area contributed by atoms with E-state index in [4.69, 9.17) is 10.00 Å². The Morgan fingerprint density at radius 2 is 2.05 bits per heavy atom. The fourth-order valence-electron chi connectivity index (χ4n) is 2.79. The van der Waals surface area contributed by atoms with E-state index in [0.29, 0.717) is 12.2 Å². The molecule has 1 aromatic rings. The van der Waals surface area contributed by atoms with Crippen molar-refractivity contribution in [3.63, 3.8) is 0 Å². The van der Waals surface area contributed by atoms with Gasteiger partial charge < -0.3 is 4.74 Å². The maximum atomic E-state index is 13.0. The lowest BCUT2D eigenvalue weighted by molar-refractivity contribution is 0.133. The zero-order valence-electron chi connectivity index (χ0n) is 12.3. The number of nitrogens with zero attached hydrogens (tertiary/aromatic N) is 1. The van der Waals surface area contributed by atoms with Gasteiger partial charge in [-0.3, -0.25) is 0 Å². The van der Waals surface area contributed by atoms with E-state index in [1.165, 1.54) is 17.7 Å². The summed E-state index contributed by atoms with van der Waals surface area (Å²) in [7, 11) is 0. The Hall–Kier alpha value is -2.15. The van der Waals surface area contributed by atoms with E-state index in [2.05, 4.69) is 6.08 Å². The predicted molar refractivity (Wildman–Crippen MR) is 77.3 cm³/mol. The minimum atomic E-state index is -2.69. The number of ether oxygens (including phenoxy) is 1. The average Bonchev–Trinajstić information content (AvgIpc) is 2.36. The van der Waals surface area contributed by atoms with Crippen molar-refractivity contribution in [1.82, 2.24) is 0 Å². The van der Waals surface area contributed by atoms with E-state index >= 15 is 0 Å². The summed E-state index contributed by atoms with van der Waals surface area (Å²) < 4.78 is 31.8. The third kappa shape index (κ3) is 3.49. The summed E-state index contributed by atoms with van der Waals surface area (Å²) in [5.74, 6) is 0.352. The first-order valence-electron chi connectivity index (χ1n) is 6.71. The molecule has 110 valence electrons. The fraction of sp³-hybridized carbons (Fsp3) is 0.353. The van der Waals surface area contributed by atoms with Crippen molar-refractivity contribution in [2.45, 2.75) is 39.2 Å². The van der Waals surface area contributed by atoms with Crippen LogP contribution in [0.3, 0.4) is 0 Å². The fourth-order valence-corrected chi connectivity index (χ4v) is 2.79. The van der Waals surface area contributed by atoms with Gasteiger partial charge in [-0.05, 0) is 45.0 Å². The number of benzene rings is 1. The second-order valence-corrected chi connectivity index (χ2v) is 5.63. The standard InChI is InChI=1S/C17H17F2NO/c1-11-6-12(2)9-17(3,8-11)21-14-5-4-13(10-20)15(7-14)16(18)19/h4-8,16H,9H2,1-3H3. The minimum Gasteiger partial charge on any atom is -0.483 e. The molecule has 1 aliphatic rings. The Morgan fingerprint density at radius 3 is 2.62 bits per heavy atom. The summed E-state index contributed by atoms with van der Waals surface area (Å²) in [4.78, 5) is 0. The summed E-state index contributed by atoms with van der Waals surface area (Å²) in [6.45, 7) is 5.92. The van der Waals surface area contributed by atoms with Crippen molar-refractivity contribution in [3.05, 3.63) is 52.6 Å². The number of hydrogen-bond donors (Lipinski definition) is 0. The van der Waals surface area contributed by atoms with Gasteiger partial charge in [0.05, 0.1) is 11.6 Å². The zero-order valence-corrected chi connectivity index (χ0v) is 12.3. The van der Waals surface area contributed by atoms with Crippen molar-refractivity contribution in [2.24, 2.45) is 0 Å². The molecule has 0 aliphatic heterocycles. The van der Waals surface area contributed by atoms with Crippen LogP contribution < -0.4 is 4.74 Å². The third-order valence-corrected chi connectivity index (χ3v) is 3.37. The Morgan fingerprint density at radius 1 is 1.33 bits per heavy atom. The van der Waals surface area contributed by atoms with Crippen LogP contribution in [0.1, 0.15) is 44.7 Å². The van der Waals surface area contributed by atoms with E-state index in [0.717, 1.165) is 5.57 Å². The molecule has 0 saturated carbocycles. The maximum Gasteiger partial charge on any atom is 0.265 e. The molecule has 4 heteroatoms. The third-order valence-electron chi connectivity index (χ3n) is 3.37. The van der Waals surface area contributed by atoms with Gasteiger partial charge in [-0.2, -0.15) is 5.26 Å². The minimum absolute atomic E-state index is 0.0195. The van der Waals surface area contributed by atoms with Crippen LogP contribution >= 0.6 is 0 Å². The highest BCUT2D eigenvalue weighted by atomic mass is 19.3. The normalized spacial score (nSPS) is 21.6. The van der Waals surface area contributed by atoms with E-state index in [1.54, 1.807) is 12.1 Å². The topological polar surface area (TPSA) is 33.0 Å². The molecule has 21 heavy (non-hydrogen) atoms. The molecule has 1 aliphatic carbocycles. The van der Waals surface area contributed by atoms with Crippen molar-refractivity contribution in [2.75, 3.05) is 0 Å². The number of nitriles is 1. The maximum absolute atomic E-state index is 13.0. The van der Waals surface area contributed by atoms with Gasteiger partial charge in [0.25, 0.3) is 6.43 Å². The van der Waals surface area contributed by atoms with Crippen molar-refractivity contribution < 1.29 is 13.5 Å². The lowest BCUT2D eigenvalue weighted by Crippen LogP contribution is -2.32. The van der Waals surface area contributed by atoms with Gasteiger partial charge in [-0.15, -0.1) is 0 Å². The molecule has 0 radical (unpaired) electrons. The Balaban J connectivity index is 2.31. The highest BCUT2D eigenvalue weighted by molar-refractivity contribution is 5.44. The lowest BCUT2D eigenvalue weighted by atomic mass is 9.89. The molecule has 2 nitrogen and oxygen atoms in total. The first-order chi connectivity index (χ1) is 9.83. The van der Waals surface area contributed by atoms with Gasteiger partial charge in [0.15, 0.2) is 0 Å². The summed E-state index contributed by atoms with van der Waals surface area (Å²) in [5.41, 5.74) is 1.40. The van der Waals surface area contributed by atoms with Crippen molar-refractivity contribution in [3.8, 4) is 11.8 Å². The molecule has 0 heterocycles. The summed E-state index contributed by atoms with van der Waals surface area (Å²) in [5, 5.41) is 8.86. The molecule has 0 saturated heterocycles. The lowest BCUT2D eigenvalue weighted by Gasteiger charge is -2.31. The van der Waals surface area contributed by atoms with Gasteiger partial charge in [-0.25, -0.2) is 8.78 Å². The molecular formula is C17H17F2NO. The van der Waals surface area contributed by atoms with Crippen molar-refractivity contribution in [1.29, 1.82) is 5.26 Å². The van der Waals surface area contributed by atoms with Crippen LogP contribution in [0.2, 0.25) is 0 Å². The first-order valence-corrected chi connectivity index (χ1v) is 6.71. The van der Waals surface area contributed by atoms with Crippen molar-refractivity contribution >= 4 is 0 Å². The Labute approximate surface area is 123 Å². The van der Waals surface area contributed by atoms with Crippen LogP contribution in [-0.2, 0) is 0 Å². The number of hydrogen-bond acceptors (Lipinski definition) is 2. The second kappa shape index (κ2) is 5.69. The average molecular weight is 289 g/mol. The number of rotatable bonds is 3. The zero-order chi connectivity index (χ0) is 15.6. The SMILES string of the molecule is CC1=CC(C)(Oc2ccc(C#N)c(C(F)F)c2)CC(C)=C1. The van der Waals surface area contributed by atoms with Gasteiger partial charge >= 0.3 is 0 Å². The van der Waals surface area contributed by atoms with Gasteiger partial charge in [-0.1, -0.05) is 17.2 Å². The number of allylic oxidation sites excluding steroid dienone is 2. The van der Waals surface area contributed by atoms with Gasteiger partial charge in [0.2, 0.25) is 0 Å². The van der Waals surface area contributed by atoms with E-state index < -0.39 is 12.0 Å². The van der Waals surface area contributed by atoms with Crippen LogP contribution in [0.25, 0.3) is 0 Å². The highest BCUT2D eigenvalue weighted by Crippen LogP contribution is 2.33. The molecule has 0 fully saturated rings. The molecule has 0 aromatic heterocycles. The summed E-state index contributed by atoms with van der Waals surface area (Å²) in [6, 6.07) is 5.97. The number of alkyl halides is 2. The van der Waals surface area contributed by atoms with Crippen LogP contribution in [0.4, 0.5) is 8.78 Å². The summed E-state index contributed by atoms with van der Waals surface area (Å²) >= 11 is 0. The molecule has 0 spiro atoms. The van der Waals surface area contributed by atoms with E-state index in [9.17, 15) is 8.78 Å².